The molecule has 1 aliphatic rings. The topological polar surface area (TPSA) is 0 Å². The maximum Gasteiger partial charge on any atom is 0.289 e. The molecule has 1 aromatic carbocycles. The molecule has 3 heteroatoms. The average Bonchev–Trinajstić information content (AvgIpc) is 2.55. The van der Waals surface area contributed by atoms with Gasteiger partial charge in [0, 0.05) is 0 Å². The Balaban J connectivity index is 2.35. The van der Waals surface area contributed by atoms with Crippen LogP contribution < -0.4 is 0 Å². The van der Waals surface area contributed by atoms with Gasteiger partial charge in [-0.15, -0.1) is 0 Å². The zero-order valence-corrected chi connectivity index (χ0v) is 6.23. The van der Waals surface area contributed by atoms with Crippen LogP contribution in [-0.4, -0.2) is 5.92 Å². The van der Waals surface area contributed by atoms with Crippen LogP contribution in [-0.2, 0) is 5.67 Å². The Morgan fingerprint density at radius 1 is 1.00 bits per heavy atom. The number of hydrogen-bond donors (Lipinski definition) is 0. The first kappa shape index (κ1) is 7.65. The fourth-order valence-corrected chi connectivity index (χ4v) is 1.28. The second kappa shape index (κ2) is 2.03. The van der Waals surface area contributed by atoms with Crippen molar-refractivity contribution in [2.45, 2.75) is 18.0 Å². The predicted molar refractivity (Wildman–Crippen MR) is 38.8 cm³/mol. The Labute approximate surface area is 68.0 Å². The molecule has 1 aliphatic carbocycles. The summed E-state index contributed by atoms with van der Waals surface area (Å²) >= 11 is 0. The van der Waals surface area contributed by atoms with E-state index >= 15 is 0 Å². The van der Waals surface area contributed by atoms with Gasteiger partial charge < -0.3 is 0 Å². The van der Waals surface area contributed by atoms with E-state index in [1.807, 2.05) is 0 Å². The summed E-state index contributed by atoms with van der Waals surface area (Å²) in [6.45, 7) is 0. The van der Waals surface area contributed by atoms with Crippen molar-refractivity contribution in [3.63, 3.8) is 0 Å². The Bertz CT molecular complexity index is 294. The van der Waals surface area contributed by atoms with Crippen molar-refractivity contribution >= 4 is 0 Å². The van der Waals surface area contributed by atoms with E-state index < -0.39 is 18.0 Å². The van der Waals surface area contributed by atoms with E-state index in [0.29, 0.717) is 0 Å². The van der Waals surface area contributed by atoms with Crippen LogP contribution in [0.3, 0.4) is 0 Å². The first-order valence-corrected chi connectivity index (χ1v) is 3.68. The smallest absolute Gasteiger partial charge is 0.232 e. The van der Waals surface area contributed by atoms with Crippen LogP contribution in [0, 0.1) is 0 Å². The van der Waals surface area contributed by atoms with Crippen LogP contribution in [0.2, 0.25) is 0 Å². The second-order valence-electron chi connectivity index (χ2n) is 3.05. The third-order valence-electron chi connectivity index (χ3n) is 2.15. The van der Waals surface area contributed by atoms with Crippen molar-refractivity contribution in [1.29, 1.82) is 0 Å². The highest BCUT2D eigenvalue weighted by atomic mass is 19.3. The molecule has 1 atom stereocenters. The number of halogens is 3. The van der Waals surface area contributed by atoms with Gasteiger partial charge >= 0.3 is 0 Å². The highest BCUT2D eigenvalue weighted by molar-refractivity contribution is 5.33. The van der Waals surface area contributed by atoms with Crippen LogP contribution >= 0.6 is 0 Å². The molecule has 0 bridgehead atoms. The number of benzene rings is 1. The van der Waals surface area contributed by atoms with Gasteiger partial charge in [-0.25, -0.2) is 13.2 Å². The third-order valence-corrected chi connectivity index (χ3v) is 2.15. The monoisotopic (exact) mass is 172 g/mol. The van der Waals surface area contributed by atoms with E-state index in [1.54, 1.807) is 18.2 Å². The molecule has 1 aromatic rings. The van der Waals surface area contributed by atoms with Gasteiger partial charge in [0.1, 0.15) is 0 Å². The van der Waals surface area contributed by atoms with Gasteiger partial charge in [0.05, 0.1) is 6.42 Å². The Hall–Kier alpha value is -0.990. The highest BCUT2D eigenvalue weighted by Gasteiger charge is 2.73. The molecule has 1 fully saturated rings. The summed E-state index contributed by atoms with van der Waals surface area (Å²) in [5.41, 5.74) is -2.32. The lowest BCUT2D eigenvalue weighted by Crippen LogP contribution is -2.09. The third kappa shape index (κ3) is 0.854. The van der Waals surface area contributed by atoms with Gasteiger partial charge in [-0.05, 0) is 5.56 Å². The second-order valence-corrected chi connectivity index (χ2v) is 3.05. The zero-order valence-electron chi connectivity index (χ0n) is 6.23. The van der Waals surface area contributed by atoms with Crippen molar-refractivity contribution in [2.75, 3.05) is 0 Å². The quantitative estimate of drug-likeness (QED) is 0.611. The van der Waals surface area contributed by atoms with E-state index in [9.17, 15) is 13.2 Å². The van der Waals surface area contributed by atoms with Crippen molar-refractivity contribution in [1.82, 2.24) is 0 Å². The number of rotatable bonds is 1. The normalized spacial score (nSPS) is 31.6. The molecule has 0 N–H and O–H groups in total. The molecule has 0 saturated heterocycles. The van der Waals surface area contributed by atoms with E-state index in [0.717, 1.165) is 0 Å². The lowest BCUT2D eigenvalue weighted by Gasteiger charge is -2.05. The lowest BCUT2D eigenvalue weighted by molar-refractivity contribution is 0.0421. The summed E-state index contributed by atoms with van der Waals surface area (Å²) < 4.78 is 38.2. The fraction of sp³-hybridized carbons (Fsp3) is 0.333. The molecule has 0 radical (unpaired) electrons. The zero-order chi connectivity index (χ0) is 8.82. The largest absolute Gasteiger partial charge is 0.289 e. The standard InChI is InChI=1S/C9H7F3/c10-8(6-9(8,11)12)7-4-2-1-3-5-7/h1-5H,6H2. The fourth-order valence-electron chi connectivity index (χ4n) is 1.28. The Morgan fingerprint density at radius 3 is 1.92 bits per heavy atom. The molecule has 1 unspecified atom stereocenters. The van der Waals surface area contributed by atoms with Gasteiger partial charge in [0.15, 0.2) is 0 Å². The summed E-state index contributed by atoms with van der Waals surface area (Å²) in [7, 11) is 0. The van der Waals surface area contributed by atoms with Crippen molar-refractivity contribution in [3.8, 4) is 0 Å². The molecule has 0 aromatic heterocycles. The molecule has 1 saturated carbocycles. The summed E-state index contributed by atoms with van der Waals surface area (Å²) in [5, 5.41) is 0. The maximum absolute atomic E-state index is 13.3. The minimum absolute atomic E-state index is 0.0787. The molecule has 0 nitrogen and oxygen atoms in total. The average molecular weight is 172 g/mol. The van der Waals surface area contributed by atoms with Crippen molar-refractivity contribution in [2.24, 2.45) is 0 Å². The molecular formula is C9H7F3. The summed E-state index contributed by atoms with van der Waals surface area (Å²) in [6.07, 6.45) is -0.677. The SMILES string of the molecule is FC1(F)CC1(F)c1ccccc1. The predicted octanol–water partition coefficient (Wildman–Crippen LogP) is 2.89. The van der Waals surface area contributed by atoms with Gasteiger partial charge in [-0.1, -0.05) is 30.3 Å². The molecule has 0 spiro atoms. The van der Waals surface area contributed by atoms with Crippen LogP contribution in [0.15, 0.2) is 30.3 Å². The van der Waals surface area contributed by atoms with Crippen molar-refractivity contribution < 1.29 is 13.2 Å². The van der Waals surface area contributed by atoms with Crippen LogP contribution in [0.4, 0.5) is 13.2 Å². The van der Waals surface area contributed by atoms with E-state index in [4.69, 9.17) is 0 Å². The molecular weight excluding hydrogens is 165 g/mol. The van der Waals surface area contributed by atoms with Crippen molar-refractivity contribution in [3.05, 3.63) is 35.9 Å². The summed E-state index contributed by atoms with van der Waals surface area (Å²) in [6, 6.07) is 7.57. The molecule has 64 valence electrons. The van der Waals surface area contributed by atoms with Gasteiger partial charge in [-0.2, -0.15) is 0 Å². The molecule has 0 heterocycles. The molecule has 0 aliphatic heterocycles. The van der Waals surface area contributed by atoms with E-state index in [2.05, 4.69) is 0 Å². The Morgan fingerprint density at radius 2 is 1.50 bits per heavy atom. The van der Waals surface area contributed by atoms with Crippen LogP contribution in [0.25, 0.3) is 0 Å². The summed E-state index contributed by atoms with van der Waals surface area (Å²) in [5.74, 6) is -3.16. The Kier molecular flexibility index (Phi) is 1.29. The number of alkyl halides is 3. The molecule has 0 amide bonds. The van der Waals surface area contributed by atoms with Crippen LogP contribution in [0.1, 0.15) is 12.0 Å². The van der Waals surface area contributed by atoms with E-state index in [-0.39, 0.29) is 5.56 Å². The van der Waals surface area contributed by atoms with Gasteiger partial charge in [0.2, 0.25) is 5.67 Å². The van der Waals surface area contributed by atoms with E-state index in [1.165, 1.54) is 12.1 Å². The van der Waals surface area contributed by atoms with Gasteiger partial charge in [0.25, 0.3) is 5.92 Å². The maximum atomic E-state index is 13.3. The minimum Gasteiger partial charge on any atom is -0.232 e. The highest BCUT2D eigenvalue weighted by Crippen LogP contribution is 2.62. The van der Waals surface area contributed by atoms with Crippen LogP contribution in [0.5, 0.6) is 0 Å². The molecule has 2 rings (SSSR count). The first-order valence-electron chi connectivity index (χ1n) is 3.68. The first-order chi connectivity index (χ1) is 5.56. The van der Waals surface area contributed by atoms with Gasteiger partial charge in [-0.3, -0.25) is 0 Å². The lowest BCUT2D eigenvalue weighted by atomic mass is 10.1. The summed E-state index contributed by atoms with van der Waals surface area (Å²) in [4.78, 5) is 0. The minimum atomic E-state index is -3.16. The molecule has 12 heavy (non-hydrogen) atoms. The number of hydrogen-bond acceptors (Lipinski definition) is 0.